The fourth-order valence-electron chi connectivity index (χ4n) is 4.13. The Morgan fingerprint density at radius 1 is 1.21 bits per heavy atom. The van der Waals surface area contributed by atoms with Crippen LogP contribution in [0.25, 0.3) is 0 Å². The van der Waals surface area contributed by atoms with Crippen LogP contribution in [0.1, 0.15) is 38.5 Å². The second-order valence-electron chi connectivity index (χ2n) is 7.49. The SMILES string of the molecule is CN1CCN(C(=O)C2CCC2)CC12CCC(=O)N(CC(=O)O)CC2. The maximum Gasteiger partial charge on any atom is 0.323 e. The minimum atomic E-state index is -0.974. The summed E-state index contributed by atoms with van der Waals surface area (Å²) in [5.74, 6) is -0.601. The van der Waals surface area contributed by atoms with Crippen molar-refractivity contribution in [1.82, 2.24) is 14.7 Å². The molecule has 24 heavy (non-hydrogen) atoms. The Bertz CT molecular complexity index is 534. The maximum absolute atomic E-state index is 12.6. The first-order chi connectivity index (χ1) is 11.4. The molecule has 1 N–H and O–H groups in total. The van der Waals surface area contributed by atoms with Gasteiger partial charge in [-0.2, -0.15) is 0 Å². The molecule has 1 unspecified atom stereocenters. The van der Waals surface area contributed by atoms with E-state index in [1.165, 1.54) is 4.90 Å². The van der Waals surface area contributed by atoms with Gasteiger partial charge < -0.3 is 14.9 Å². The number of hydrogen-bond donors (Lipinski definition) is 1. The second-order valence-corrected chi connectivity index (χ2v) is 7.49. The van der Waals surface area contributed by atoms with Crippen LogP contribution in [0.15, 0.2) is 0 Å². The molecule has 1 aliphatic carbocycles. The van der Waals surface area contributed by atoms with Gasteiger partial charge in [0.15, 0.2) is 0 Å². The molecule has 3 rings (SSSR count). The summed E-state index contributed by atoms with van der Waals surface area (Å²) < 4.78 is 0. The number of hydrogen-bond acceptors (Lipinski definition) is 4. The molecule has 1 saturated carbocycles. The first kappa shape index (κ1) is 17.2. The van der Waals surface area contributed by atoms with E-state index in [-0.39, 0.29) is 29.8 Å². The van der Waals surface area contributed by atoms with E-state index in [0.717, 1.165) is 38.8 Å². The Morgan fingerprint density at radius 2 is 1.96 bits per heavy atom. The Kier molecular flexibility index (Phi) is 4.80. The van der Waals surface area contributed by atoms with E-state index in [4.69, 9.17) is 5.11 Å². The van der Waals surface area contributed by atoms with E-state index in [0.29, 0.717) is 25.9 Å². The fourth-order valence-corrected chi connectivity index (χ4v) is 4.13. The van der Waals surface area contributed by atoms with E-state index in [1.807, 2.05) is 4.90 Å². The van der Waals surface area contributed by atoms with Crippen LogP contribution in [-0.2, 0) is 14.4 Å². The maximum atomic E-state index is 12.6. The van der Waals surface area contributed by atoms with Crippen LogP contribution in [0.5, 0.6) is 0 Å². The molecule has 2 saturated heterocycles. The summed E-state index contributed by atoms with van der Waals surface area (Å²) >= 11 is 0. The third kappa shape index (κ3) is 3.27. The van der Waals surface area contributed by atoms with Crippen molar-refractivity contribution >= 4 is 17.8 Å². The molecule has 3 fully saturated rings. The lowest BCUT2D eigenvalue weighted by Crippen LogP contribution is -2.63. The molecule has 0 radical (unpaired) electrons. The highest BCUT2D eigenvalue weighted by atomic mass is 16.4. The Morgan fingerprint density at radius 3 is 2.58 bits per heavy atom. The van der Waals surface area contributed by atoms with Crippen molar-refractivity contribution in [3.8, 4) is 0 Å². The first-order valence-corrected chi connectivity index (χ1v) is 8.91. The molecule has 134 valence electrons. The van der Waals surface area contributed by atoms with Crippen LogP contribution < -0.4 is 0 Å². The number of nitrogens with zero attached hydrogens (tertiary/aromatic N) is 3. The van der Waals surface area contributed by atoms with Gasteiger partial charge >= 0.3 is 5.97 Å². The number of carbonyl (C=O) groups is 3. The lowest BCUT2D eigenvalue weighted by molar-refractivity contribution is -0.144. The molecule has 1 spiro atoms. The summed E-state index contributed by atoms with van der Waals surface area (Å²) in [6.07, 6.45) is 4.91. The number of aliphatic carboxylic acids is 1. The van der Waals surface area contributed by atoms with Gasteiger partial charge in [-0.3, -0.25) is 19.3 Å². The molecular formula is C17H27N3O4. The van der Waals surface area contributed by atoms with Gasteiger partial charge in [-0.25, -0.2) is 0 Å². The van der Waals surface area contributed by atoms with Gasteiger partial charge in [0.05, 0.1) is 0 Å². The minimum Gasteiger partial charge on any atom is -0.480 e. The minimum absolute atomic E-state index is 0.0925. The number of amides is 2. The molecule has 3 aliphatic rings. The molecular weight excluding hydrogens is 310 g/mol. The second kappa shape index (κ2) is 6.70. The van der Waals surface area contributed by atoms with E-state index in [2.05, 4.69) is 11.9 Å². The van der Waals surface area contributed by atoms with Crippen LogP contribution in [0.4, 0.5) is 0 Å². The number of rotatable bonds is 3. The lowest BCUT2D eigenvalue weighted by Gasteiger charge is -2.50. The van der Waals surface area contributed by atoms with Crippen molar-refractivity contribution in [3.05, 3.63) is 0 Å². The number of likely N-dealkylation sites (N-methyl/N-ethyl adjacent to an activating group) is 1. The van der Waals surface area contributed by atoms with Crippen molar-refractivity contribution in [2.75, 3.05) is 39.8 Å². The zero-order valence-corrected chi connectivity index (χ0v) is 14.4. The average molecular weight is 337 g/mol. The zero-order valence-electron chi connectivity index (χ0n) is 14.4. The van der Waals surface area contributed by atoms with Gasteiger partial charge in [0.1, 0.15) is 6.54 Å². The molecule has 2 amide bonds. The fraction of sp³-hybridized carbons (Fsp3) is 0.824. The Balaban J connectivity index is 1.71. The van der Waals surface area contributed by atoms with Gasteiger partial charge in [-0.15, -0.1) is 0 Å². The summed E-state index contributed by atoms with van der Waals surface area (Å²) in [5.41, 5.74) is -0.208. The number of carboxylic acids is 1. The third-order valence-electron chi connectivity index (χ3n) is 6.10. The van der Waals surface area contributed by atoms with Gasteiger partial charge in [-0.05, 0) is 32.7 Å². The molecule has 2 aliphatic heterocycles. The summed E-state index contributed by atoms with van der Waals surface area (Å²) in [6, 6.07) is 0. The molecule has 2 heterocycles. The van der Waals surface area contributed by atoms with Crippen LogP contribution in [-0.4, -0.2) is 82.9 Å². The Hall–Kier alpha value is -1.63. The van der Waals surface area contributed by atoms with Crippen molar-refractivity contribution < 1.29 is 19.5 Å². The molecule has 7 nitrogen and oxygen atoms in total. The summed E-state index contributed by atoms with van der Waals surface area (Å²) in [4.78, 5) is 41.5. The van der Waals surface area contributed by atoms with Crippen molar-refractivity contribution in [2.24, 2.45) is 5.92 Å². The monoisotopic (exact) mass is 337 g/mol. The summed E-state index contributed by atoms with van der Waals surface area (Å²) in [7, 11) is 2.06. The molecule has 0 bridgehead atoms. The van der Waals surface area contributed by atoms with Crippen LogP contribution >= 0.6 is 0 Å². The van der Waals surface area contributed by atoms with E-state index in [1.54, 1.807) is 0 Å². The smallest absolute Gasteiger partial charge is 0.323 e. The van der Waals surface area contributed by atoms with Gasteiger partial charge in [0.2, 0.25) is 11.8 Å². The van der Waals surface area contributed by atoms with Gasteiger partial charge in [-0.1, -0.05) is 6.42 Å². The molecule has 0 aromatic carbocycles. The van der Waals surface area contributed by atoms with Crippen LogP contribution in [0.3, 0.4) is 0 Å². The third-order valence-corrected chi connectivity index (χ3v) is 6.10. The molecule has 0 aromatic rings. The molecule has 1 atom stereocenters. The van der Waals surface area contributed by atoms with Gasteiger partial charge in [0, 0.05) is 44.1 Å². The highest BCUT2D eigenvalue weighted by Gasteiger charge is 2.44. The van der Waals surface area contributed by atoms with Crippen molar-refractivity contribution in [3.63, 3.8) is 0 Å². The van der Waals surface area contributed by atoms with E-state index in [9.17, 15) is 14.4 Å². The summed E-state index contributed by atoms with van der Waals surface area (Å²) in [5, 5.41) is 8.98. The molecule has 7 heteroatoms. The summed E-state index contributed by atoms with van der Waals surface area (Å²) in [6.45, 7) is 2.43. The van der Waals surface area contributed by atoms with Gasteiger partial charge in [0.25, 0.3) is 0 Å². The van der Waals surface area contributed by atoms with E-state index < -0.39 is 5.97 Å². The van der Waals surface area contributed by atoms with Crippen LogP contribution in [0.2, 0.25) is 0 Å². The predicted octanol–water partition coefficient (Wildman–Crippen LogP) is 0.396. The Labute approximate surface area is 142 Å². The average Bonchev–Trinajstić information content (AvgIpc) is 2.62. The zero-order chi connectivity index (χ0) is 17.3. The highest BCUT2D eigenvalue weighted by molar-refractivity contribution is 5.82. The van der Waals surface area contributed by atoms with E-state index >= 15 is 0 Å². The predicted molar refractivity (Wildman–Crippen MR) is 87.3 cm³/mol. The molecule has 0 aromatic heterocycles. The quantitative estimate of drug-likeness (QED) is 0.806. The highest BCUT2D eigenvalue weighted by Crippen LogP contribution is 2.35. The normalized spacial score (nSPS) is 29.5. The topological polar surface area (TPSA) is 81.2 Å². The number of likely N-dealkylation sites (tertiary alicyclic amines) is 1. The number of carboxylic acid groups (broad SMARTS) is 1. The van der Waals surface area contributed by atoms with Crippen LogP contribution in [0, 0.1) is 5.92 Å². The first-order valence-electron chi connectivity index (χ1n) is 8.91. The largest absolute Gasteiger partial charge is 0.480 e. The number of piperazine rings is 1. The lowest BCUT2D eigenvalue weighted by atomic mass is 9.82. The number of carbonyl (C=O) groups excluding carboxylic acids is 2. The van der Waals surface area contributed by atoms with Crippen molar-refractivity contribution in [2.45, 2.75) is 44.1 Å². The standard InChI is InChI=1S/C17H27N3O4/c1-18-9-10-20(16(24)13-3-2-4-13)12-17(18)6-5-14(21)19(8-7-17)11-15(22)23/h13H,2-12H2,1H3,(H,22,23). The van der Waals surface area contributed by atoms with Crippen molar-refractivity contribution in [1.29, 1.82) is 0 Å².